The zero-order valence-electron chi connectivity index (χ0n) is 13.1. The highest BCUT2D eigenvalue weighted by Gasteiger charge is 2.21. The third-order valence-corrected chi connectivity index (χ3v) is 4.43. The molecular weight excluding hydrogens is 342 g/mol. The van der Waals surface area contributed by atoms with Crippen molar-refractivity contribution >= 4 is 10.8 Å². The van der Waals surface area contributed by atoms with E-state index >= 15 is 0 Å². The van der Waals surface area contributed by atoms with Crippen molar-refractivity contribution in [3.63, 3.8) is 0 Å². The highest BCUT2D eigenvalue weighted by molar-refractivity contribution is 5.83. The average molecular weight is 366 g/mol. The van der Waals surface area contributed by atoms with Gasteiger partial charge in [0.15, 0.2) is 0 Å². The van der Waals surface area contributed by atoms with Gasteiger partial charge >= 0.3 is 0 Å². The first kappa shape index (κ1) is 17.2. The van der Waals surface area contributed by atoms with Crippen molar-refractivity contribution in [2.45, 2.75) is 45.1 Å². The fourth-order valence-corrected chi connectivity index (χ4v) is 3.20. The van der Waals surface area contributed by atoms with Crippen molar-refractivity contribution in [1.29, 1.82) is 0 Å². The van der Waals surface area contributed by atoms with Crippen LogP contribution in [-0.2, 0) is 6.42 Å². The zero-order chi connectivity index (χ0) is 14.7. The monoisotopic (exact) mass is 365 g/mol. The number of unbranched alkanes of at least 4 members (excludes halogenated alkanes) is 1. The van der Waals surface area contributed by atoms with Crippen LogP contribution in [0.15, 0.2) is 29.1 Å². The molecule has 0 atom stereocenters. The van der Waals surface area contributed by atoms with Gasteiger partial charge in [0.1, 0.15) is 0 Å². The number of halogens is 1. The van der Waals surface area contributed by atoms with Crippen molar-refractivity contribution in [2.75, 3.05) is 13.1 Å². The number of nitrogens with zero attached hydrogens (tertiary/aromatic N) is 2. The van der Waals surface area contributed by atoms with Gasteiger partial charge in [-0.2, -0.15) is 5.10 Å². The molecule has 1 aliphatic heterocycles. The van der Waals surface area contributed by atoms with Gasteiger partial charge in [-0.15, -0.1) is 0 Å². The Bertz CT molecular complexity index is 677. The first-order chi connectivity index (χ1) is 10.3. The third kappa shape index (κ3) is 3.41. The number of hydrogen-bond acceptors (Lipinski definition) is 2. The predicted octanol–water partition coefficient (Wildman–Crippen LogP) is -1.36. The molecule has 2 heterocycles. The molecule has 22 heavy (non-hydrogen) atoms. The van der Waals surface area contributed by atoms with Crippen molar-refractivity contribution in [1.82, 2.24) is 9.78 Å². The summed E-state index contributed by atoms with van der Waals surface area (Å²) in [4.78, 5) is 12.7. The molecule has 5 heteroatoms. The minimum absolute atomic E-state index is 0. The van der Waals surface area contributed by atoms with Crippen LogP contribution in [0.4, 0.5) is 0 Å². The molecule has 1 fully saturated rings. The molecule has 2 N–H and O–H groups in total. The van der Waals surface area contributed by atoms with Gasteiger partial charge in [0.05, 0.1) is 30.2 Å². The van der Waals surface area contributed by atoms with E-state index in [0.29, 0.717) is 0 Å². The Kier molecular flexibility index (Phi) is 6.15. The zero-order valence-corrected chi connectivity index (χ0v) is 14.7. The standard InChI is InChI=1S/C17H23N3O.BrH/c1-2-3-8-16-14-6-4-5-7-15(14)17(21)20(19-16)13-9-11-18-12-10-13;/h4-7,13,18H,2-3,8-12H2,1H3;1H. The molecule has 0 saturated carbocycles. The second-order valence-electron chi connectivity index (χ2n) is 5.94. The molecule has 0 bridgehead atoms. The second-order valence-corrected chi connectivity index (χ2v) is 5.94. The van der Waals surface area contributed by atoms with Crippen LogP contribution in [0.3, 0.4) is 0 Å². The molecule has 1 aliphatic rings. The molecule has 0 amide bonds. The molecule has 0 spiro atoms. The van der Waals surface area contributed by atoms with Gasteiger partial charge in [-0.3, -0.25) is 4.79 Å². The lowest BCUT2D eigenvalue weighted by Gasteiger charge is -2.22. The lowest BCUT2D eigenvalue weighted by molar-refractivity contribution is -0.664. The van der Waals surface area contributed by atoms with E-state index in [1.54, 1.807) is 4.68 Å². The van der Waals surface area contributed by atoms with Crippen LogP contribution in [0.1, 0.15) is 44.3 Å². The summed E-state index contributed by atoms with van der Waals surface area (Å²) in [6.07, 6.45) is 5.30. The second kappa shape index (κ2) is 7.88. The molecule has 4 nitrogen and oxygen atoms in total. The van der Waals surface area contributed by atoms with E-state index in [9.17, 15) is 4.79 Å². The summed E-state index contributed by atoms with van der Waals surface area (Å²) >= 11 is 0. The molecule has 1 aromatic carbocycles. The fourth-order valence-electron chi connectivity index (χ4n) is 3.20. The summed E-state index contributed by atoms with van der Waals surface area (Å²) in [6.45, 7) is 4.38. The Hall–Kier alpha value is -1.20. The smallest absolute Gasteiger partial charge is 0.274 e. The third-order valence-electron chi connectivity index (χ3n) is 4.43. The van der Waals surface area contributed by atoms with Crippen molar-refractivity contribution in [3.8, 4) is 0 Å². The number of benzene rings is 1. The fraction of sp³-hybridized carbons (Fsp3) is 0.529. The Morgan fingerprint density at radius 2 is 1.91 bits per heavy atom. The maximum atomic E-state index is 12.7. The first-order valence-corrected chi connectivity index (χ1v) is 8.13. The van der Waals surface area contributed by atoms with Crippen LogP contribution in [0.2, 0.25) is 0 Å². The van der Waals surface area contributed by atoms with E-state index in [-0.39, 0.29) is 28.6 Å². The molecule has 1 saturated heterocycles. The Morgan fingerprint density at radius 1 is 1.23 bits per heavy atom. The van der Waals surface area contributed by atoms with Gasteiger partial charge in [0.25, 0.3) is 5.56 Å². The highest BCUT2D eigenvalue weighted by atomic mass is 79.9. The normalized spacial score (nSPS) is 15.7. The summed E-state index contributed by atoms with van der Waals surface area (Å²) in [5.41, 5.74) is 1.17. The molecule has 1 aromatic heterocycles. The van der Waals surface area contributed by atoms with Crippen LogP contribution in [0.25, 0.3) is 10.8 Å². The lowest BCUT2D eigenvalue weighted by atomic mass is 10.0. The molecular formula is C17H24BrN3O. The van der Waals surface area contributed by atoms with Gasteiger partial charge < -0.3 is 22.3 Å². The molecule has 120 valence electrons. The van der Waals surface area contributed by atoms with Crippen LogP contribution in [-0.4, -0.2) is 22.9 Å². The molecule has 0 radical (unpaired) electrons. The average Bonchev–Trinajstić information content (AvgIpc) is 2.55. The van der Waals surface area contributed by atoms with E-state index in [0.717, 1.165) is 61.7 Å². The minimum Gasteiger partial charge on any atom is -1.00 e. The minimum atomic E-state index is 0. The molecule has 0 aliphatic carbocycles. The van der Waals surface area contributed by atoms with Crippen LogP contribution >= 0.6 is 0 Å². The Labute approximate surface area is 141 Å². The summed E-state index contributed by atoms with van der Waals surface area (Å²) < 4.78 is 1.78. The predicted molar refractivity (Wildman–Crippen MR) is 84.5 cm³/mol. The number of nitrogens with two attached hydrogens (primary N) is 1. The quantitative estimate of drug-likeness (QED) is 0.727. The van der Waals surface area contributed by atoms with Gasteiger partial charge in [-0.25, -0.2) is 4.68 Å². The summed E-state index contributed by atoms with van der Waals surface area (Å²) in [5.74, 6) is 0. The van der Waals surface area contributed by atoms with Gasteiger partial charge in [-0.1, -0.05) is 31.5 Å². The lowest BCUT2D eigenvalue weighted by Crippen LogP contribution is -3.00. The maximum Gasteiger partial charge on any atom is 0.274 e. The number of hydrogen-bond donors (Lipinski definition) is 1. The maximum absolute atomic E-state index is 12.7. The number of fused-ring (bicyclic) bond motifs is 1. The number of quaternary nitrogens is 1. The van der Waals surface area contributed by atoms with E-state index < -0.39 is 0 Å². The van der Waals surface area contributed by atoms with Crippen molar-refractivity contribution < 1.29 is 22.3 Å². The molecule has 2 aromatic rings. The number of aromatic nitrogens is 2. The van der Waals surface area contributed by atoms with Crippen LogP contribution in [0.5, 0.6) is 0 Å². The van der Waals surface area contributed by atoms with E-state index in [1.807, 2.05) is 24.3 Å². The summed E-state index contributed by atoms with van der Waals surface area (Å²) in [5, 5.41) is 8.94. The van der Waals surface area contributed by atoms with Gasteiger partial charge in [-0.05, 0) is 18.9 Å². The van der Waals surface area contributed by atoms with Crippen LogP contribution in [0, 0.1) is 0 Å². The summed E-state index contributed by atoms with van der Waals surface area (Å²) in [7, 11) is 0. The van der Waals surface area contributed by atoms with Crippen molar-refractivity contribution in [2.24, 2.45) is 0 Å². The number of aryl methyl sites for hydroxylation is 1. The number of rotatable bonds is 4. The topological polar surface area (TPSA) is 51.5 Å². The van der Waals surface area contributed by atoms with E-state index in [4.69, 9.17) is 5.10 Å². The number of piperidine rings is 1. The largest absolute Gasteiger partial charge is 1.00 e. The SMILES string of the molecule is CCCCc1nn(C2CC[NH2+]CC2)c(=O)c2ccccc12.[Br-]. The van der Waals surface area contributed by atoms with E-state index in [1.165, 1.54) is 0 Å². The highest BCUT2D eigenvalue weighted by Crippen LogP contribution is 2.19. The Morgan fingerprint density at radius 3 is 2.59 bits per heavy atom. The first-order valence-electron chi connectivity index (χ1n) is 8.13. The van der Waals surface area contributed by atoms with Crippen LogP contribution < -0.4 is 27.9 Å². The van der Waals surface area contributed by atoms with E-state index in [2.05, 4.69) is 12.2 Å². The van der Waals surface area contributed by atoms with Gasteiger partial charge in [0, 0.05) is 18.2 Å². The summed E-state index contributed by atoms with van der Waals surface area (Å²) in [6, 6.07) is 8.20. The van der Waals surface area contributed by atoms with Gasteiger partial charge in [0.2, 0.25) is 0 Å². The molecule has 3 rings (SSSR count). The molecule has 0 unspecified atom stereocenters. The van der Waals surface area contributed by atoms with Crippen molar-refractivity contribution in [3.05, 3.63) is 40.3 Å². The Balaban J connectivity index is 0.00000176.